The Morgan fingerprint density at radius 1 is 1.26 bits per heavy atom. The third-order valence-corrected chi connectivity index (χ3v) is 7.71. The largest absolute Gasteiger partial charge is 0.452 e. The Balaban J connectivity index is 1.81. The van der Waals surface area contributed by atoms with E-state index in [1.54, 1.807) is 13.8 Å². The molecule has 1 N–H and O–H groups in total. The summed E-state index contributed by atoms with van der Waals surface area (Å²) in [6.07, 6.45) is -0.690. The lowest BCUT2D eigenvalue weighted by Gasteiger charge is -2.29. The lowest BCUT2D eigenvalue weighted by molar-refractivity contribution is -0.159. The Morgan fingerprint density at radius 3 is 2.45 bits per heavy atom. The smallest absolute Gasteiger partial charge is 0.319 e. The summed E-state index contributed by atoms with van der Waals surface area (Å²) in [5.74, 6) is -1.92. The van der Waals surface area contributed by atoms with Crippen molar-refractivity contribution in [3.8, 4) is 0 Å². The number of esters is 1. The van der Waals surface area contributed by atoms with E-state index in [9.17, 15) is 27.2 Å². The number of halogens is 1. The zero-order valence-corrected chi connectivity index (χ0v) is 19.3. The third kappa shape index (κ3) is 7.49. The highest BCUT2D eigenvalue weighted by atomic mass is 32.2. The van der Waals surface area contributed by atoms with Crippen molar-refractivity contribution in [2.45, 2.75) is 44.6 Å². The van der Waals surface area contributed by atoms with E-state index in [0.29, 0.717) is 18.7 Å². The van der Waals surface area contributed by atoms with Crippen molar-refractivity contribution >= 4 is 45.1 Å². The molecule has 0 aromatic heterocycles. The van der Waals surface area contributed by atoms with E-state index in [1.807, 2.05) is 0 Å². The molecule has 31 heavy (non-hydrogen) atoms. The SMILES string of the molecule is CCN(C(=O)C(C)OC(=O)C(C)SCC(=O)Nc1ccc(F)cc1)C1CCS(=O)(=O)C1. The molecule has 2 amide bonds. The van der Waals surface area contributed by atoms with Crippen molar-refractivity contribution in [3.05, 3.63) is 30.1 Å². The molecule has 1 aromatic carbocycles. The lowest BCUT2D eigenvalue weighted by atomic mass is 10.2. The molecule has 3 atom stereocenters. The molecular formula is C20H27FN2O6S2. The number of carbonyl (C=O) groups excluding carboxylic acids is 3. The van der Waals surface area contributed by atoms with Crippen LogP contribution >= 0.6 is 11.8 Å². The predicted molar refractivity (Wildman–Crippen MR) is 117 cm³/mol. The van der Waals surface area contributed by atoms with Crippen LogP contribution in [0.2, 0.25) is 0 Å². The third-order valence-electron chi connectivity index (χ3n) is 4.84. The molecule has 172 valence electrons. The van der Waals surface area contributed by atoms with Crippen LogP contribution in [0, 0.1) is 5.82 Å². The van der Waals surface area contributed by atoms with E-state index >= 15 is 0 Å². The maximum absolute atomic E-state index is 12.9. The fraction of sp³-hybridized carbons (Fsp3) is 0.550. The Kier molecular flexibility index (Phi) is 8.87. The van der Waals surface area contributed by atoms with Gasteiger partial charge in [-0.25, -0.2) is 12.8 Å². The van der Waals surface area contributed by atoms with Gasteiger partial charge in [-0.15, -0.1) is 11.8 Å². The molecule has 1 saturated heterocycles. The first-order chi connectivity index (χ1) is 14.5. The minimum Gasteiger partial charge on any atom is -0.452 e. The molecule has 0 radical (unpaired) electrons. The molecule has 0 saturated carbocycles. The summed E-state index contributed by atoms with van der Waals surface area (Å²) in [7, 11) is -3.15. The van der Waals surface area contributed by atoms with E-state index in [1.165, 1.54) is 36.1 Å². The van der Waals surface area contributed by atoms with Crippen LogP contribution in [0.25, 0.3) is 0 Å². The second-order valence-electron chi connectivity index (χ2n) is 7.27. The van der Waals surface area contributed by atoms with Crippen molar-refractivity contribution in [2.75, 3.05) is 29.1 Å². The van der Waals surface area contributed by atoms with Gasteiger partial charge in [0.2, 0.25) is 5.91 Å². The maximum Gasteiger partial charge on any atom is 0.319 e. The molecule has 0 spiro atoms. The van der Waals surface area contributed by atoms with Gasteiger partial charge in [0, 0.05) is 18.3 Å². The fourth-order valence-corrected chi connectivity index (χ4v) is 5.56. The van der Waals surface area contributed by atoms with E-state index in [2.05, 4.69) is 5.32 Å². The van der Waals surface area contributed by atoms with Crippen LogP contribution in [0.1, 0.15) is 27.2 Å². The number of likely N-dealkylation sites (N-methyl/N-ethyl adjacent to an activating group) is 1. The van der Waals surface area contributed by atoms with Crippen LogP contribution in [0.15, 0.2) is 24.3 Å². The topological polar surface area (TPSA) is 110 Å². The highest BCUT2D eigenvalue weighted by Crippen LogP contribution is 2.20. The second kappa shape index (κ2) is 10.9. The van der Waals surface area contributed by atoms with Gasteiger partial charge >= 0.3 is 5.97 Å². The van der Waals surface area contributed by atoms with Crippen LogP contribution in [-0.4, -0.2) is 72.3 Å². The molecule has 2 rings (SSSR count). The molecule has 0 bridgehead atoms. The van der Waals surface area contributed by atoms with Gasteiger partial charge in [-0.3, -0.25) is 14.4 Å². The summed E-state index contributed by atoms with van der Waals surface area (Å²) >= 11 is 1.04. The van der Waals surface area contributed by atoms with Gasteiger partial charge in [0.25, 0.3) is 5.91 Å². The van der Waals surface area contributed by atoms with Gasteiger partial charge in [-0.1, -0.05) is 0 Å². The summed E-state index contributed by atoms with van der Waals surface area (Å²) in [6.45, 7) is 5.08. The van der Waals surface area contributed by atoms with Crippen LogP contribution in [-0.2, 0) is 29.0 Å². The van der Waals surface area contributed by atoms with Gasteiger partial charge in [0.05, 0.1) is 17.3 Å². The maximum atomic E-state index is 12.9. The van der Waals surface area contributed by atoms with E-state index < -0.39 is 44.9 Å². The number of thioether (sulfide) groups is 1. The first-order valence-corrected chi connectivity index (χ1v) is 12.8. The average molecular weight is 475 g/mol. The van der Waals surface area contributed by atoms with Gasteiger partial charge in [-0.05, 0) is 51.5 Å². The monoisotopic (exact) mass is 474 g/mol. The normalized spacial score (nSPS) is 19.3. The van der Waals surface area contributed by atoms with Crippen molar-refractivity contribution in [1.29, 1.82) is 0 Å². The number of hydrogen-bond acceptors (Lipinski definition) is 7. The fourth-order valence-electron chi connectivity index (χ4n) is 3.17. The number of ether oxygens (including phenoxy) is 1. The predicted octanol–water partition coefficient (Wildman–Crippen LogP) is 1.85. The summed E-state index contributed by atoms with van der Waals surface area (Å²) in [5, 5.41) is 1.90. The zero-order chi connectivity index (χ0) is 23.2. The van der Waals surface area contributed by atoms with Gasteiger partial charge in [-0.2, -0.15) is 0 Å². The summed E-state index contributed by atoms with van der Waals surface area (Å²) in [4.78, 5) is 38.4. The standard InChI is InChI=1S/C20H27FN2O6S2/c1-4-23(17-9-10-31(27,28)12-17)19(25)13(2)29-20(26)14(3)30-11-18(24)22-16-7-5-15(21)6-8-16/h5-8,13-14,17H,4,9-12H2,1-3H3,(H,22,24). The van der Waals surface area contributed by atoms with Crippen molar-refractivity contribution in [2.24, 2.45) is 0 Å². The van der Waals surface area contributed by atoms with Crippen molar-refractivity contribution < 1.29 is 31.9 Å². The first kappa shape index (κ1) is 25.1. The number of rotatable bonds is 9. The molecule has 1 aliphatic heterocycles. The van der Waals surface area contributed by atoms with Crippen LogP contribution in [0.4, 0.5) is 10.1 Å². The average Bonchev–Trinajstić information content (AvgIpc) is 3.07. The minimum absolute atomic E-state index is 0.0308. The molecule has 0 aliphatic carbocycles. The molecule has 1 heterocycles. The summed E-state index contributed by atoms with van der Waals surface area (Å²) < 4.78 is 41.6. The number of nitrogens with one attached hydrogen (secondary N) is 1. The Labute approximate surface area is 185 Å². The Morgan fingerprint density at radius 2 is 1.90 bits per heavy atom. The number of anilines is 1. The lowest BCUT2D eigenvalue weighted by Crippen LogP contribution is -2.46. The molecule has 1 aliphatic rings. The molecule has 1 fully saturated rings. The highest BCUT2D eigenvalue weighted by Gasteiger charge is 2.36. The molecule has 11 heteroatoms. The molecule has 1 aromatic rings. The number of sulfone groups is 1. The quantitative estimate of drug-likeness (QED) is 0.544. The van der Waals surface area contributed by atoms with Crippen LogP contribution in [0.5, 0.6) is 0 Å². The molecule has 8 nitrogen and oxygen atoms in total. The second-order valence-corrected chi connectivity index (χ2v) is 10.8. The number of hydrogen-bond donors (Lipinski definition) is 1. The van der Waals surface area contributed by atoms with E-state index in [0.717, 1.165) is 11.8 Å². The van der Waals surface area contributed by atoms with E-state index in [4.69, 9.17) is 4.74 Å². The first-order valence-electron chi connectivity index (χ1n) is 9.90. The van der Waals surface area contributed by atoms with Crippen LogP contribution in [0.3, 0.4) is 0 Å². The highest BCUT2D eigenvalue weighted by molar-refractivity contribution is 8.01. The number of amides is 2. The number of nitrogens with zero attached hydrogens (tertiary/aromatic N) is 1. The zero-order valence-electron chi connectivity index (χ0n) is 17.7. The number of carbonyl (C=O) groups is 3. The minimum atomic E-state index is -3.15. The molecular weight excluding hydrogens is 447 g/mol. The van der Waals surface area contributed by atoms with Gasteiger partial charge < -0.3 is 15.0 Å². The Hall–Kier alpha value is -2.14. The van der Waals surface area contributed by atoms with Gasteiger partial charge in [0.1, 0.15) is 11.1 Å². The summed E-state index contributed by atoms with van der Waals surface area (Å²) in [6, 6.07) is 4.89. The van der Waals surface area contributed by atoms with Crippen LogP contribution < -0.4 is 5.32 Å². The van der Waals surface area contributed by atoms with Gasteiger partial charge in [0.15, 0.2) is 15.9 Å². The molecule has 3 unspecified atom stereocenters. The Bertz CT molecular complexity index is 907. The summed E-state index contributed by atoms with van der Waals surface area (Å²) in [5.41, 5.74) is 0.440. The van der Waals surface area contributed by atoms with E-state index in [-0.39, 0.29) is 23.2 Å². The van der Waals surface area contributed by atoms with Crippen molar-refractivity contribution in [3.63, 3.8) is 0 Å². The van der Waals surface area contributed by atoms with Crippen molar-refractivity contribution in [1.82, 2.24) is 4.90 Å². The number of benzene rings is 1.